The van der Waals surface area contributed by atoms with Crippen molar-refractivity contribution in [3.63, 3.8) is 0 Å². The molecule has 0 unspecified atom stereocenters. The van der Waals surface area contributed by atoms with Crippen molar-refractivity contribution in [2.24, 2.45) is 5.10 Å². The number of rotatable bonds is 8. The lowest BCUT2D eigenvalue weighted by Gasteiger charge is -2.15. The number of benzene rings is 2. The van der Waals surface area contributed by atoms with E-state index in [-0.39, 0.29) is 35.0 Å². The molecule has 3 aromatic rings. The van der Waals surface area contributed by atoms with E-state index in [9.17, 15) is 22.8 Å². The Morgan fingerprint density at radius 2 is 2.00 bits per heavy atom. The maximum atomic E-state index is 13.6. The highest BCUT2D eigenvalue weighted by Gasteiger charge is 2.38. The molecule has 3 rings (SSSR count). The van der Waals surface area contributed by atoms with Crippen LogP contribution in [0.4, 0.5) is 13.2 Å². The van der Waals surface area contributed by atoms with Crippen LogP contribution in [0.1, 0.15) is 23.7 Å². The van der Waals surface area contributed by atoms with Gasteiger partial charge in [-0.05, 0) is 54.5 Å². The number of nitrogens with one attached hydrogen (secondary N) is 1. The van der Waals surface area contributed by atoms with Crippen LogP contribution in [0.2, 0.25) is 10.0 Å². The molecular weight excluding hydrogens is 534 g/mol. The van der Waals surface area contributed by atoms with E-state index >= 15 is 0 Å². The first-order valence-corrected chi connectivity index (χ1v) is 11.0. The number of halogens is 5. The van der Waals surface area contributed by atoms with Crippen molar-refractivity contribution in [1.82, 2.24) is 15.0 Å². The smallest absolute Gasteiger partial charge is 0.437 e. The van der Waals surface area contributed by atoms with Gasteiger partial charge in [0.05, 0.1) is 30.2 Å². The molecule has 0 aliphatic heterocycles. The number of hydrazone groups is 1. The normalized spacial score (nSPS) is 12.1. The summed E-state index contributed by atoms with van der Waals surface area (Å²) in [6.45, 7) is 1.34. The lowest BCUT2D eigenvalue weighted by atomic mass is 10.1. The lowest BCUT2D eigenvalue weighted by Crippen LogP contribution is -2.29. The Kier molecular flexibility index (Phi) is 8.70. The molecule has 0 spiro atoms. The van der Waals surface area contributed by atoms with E-state index in [4.69, 9.17) is 33.2 Å². The monoisotopic (exact) mass is 549 g/mol. The summed E-state index contributed by atoms with van der Waals surface area (Å²) in [6.07, 6.45) is -2.53. The van der Waals surface area contributed by atoms with Crippen molar-refractivity contribution < 1.29 is 22.7 Å². The molecular formula is C24H16Cl2F3N5O3. The molecule has 0 fully saturated rings. The number of carbonyl (C=O) groups excluding carboxylic acids is 1. The molecule has 0 bridgehead atoms. The second-order valence-electron chi connectivity index (χ2n) is 7.43. The fraction of sp³-hybridized carbons (Fsp3) is 0.125. The summed E-state index contributed by atoms with van der Waals surface area (Å²) in [5, 5.41) is 13.5. The van der Waals surface area contributed by atoms with Crippen LogP contribution in [0.15, 0.2) is 64.8 Å². The third kappa shape index (κ3) is 7.19. The molecule has 1 heterocycles. The lowest BCUT2D eigenvalue weighted by molar-refractivity contribution is -0.142. The van der Waals surface area contributed by atoms with Crippen LogP contribution in [0.3, 0.4) is 0 Å². The van der Waals surface area contributed by atoms with Gasteiger partial charge < -0.3 is 4.74 Å². The quantitative estimate of drug-likeness (QED) is 0.228. The highest BCUT2D eigenvalue weighted by molar-refractivity contribution is 6.31. The average molecular weight is 550 g/mol. The summed E-state index contributed by atoms with van der Waals surface area (Å²) in [4.78, 5) is 27.3. The van der Waals surface area contributed by atoms with E-state index in [1.807, 2.05) is 0 Å². The molecule has 37 heavy (non-hydrogen) atoms. The Morgan fingerprint density at radius 3 is 2.65 bits per heavy atom. The van der Waals surface area contributed by atoms with Crippen molar-refractivity contribution in [3.8, 4) is 17.6 Å². The Labute approximate surface area is 218 Å². The maximum absolute atomic E-state index is 13.6. The van der Waals surface area contributed by atoms with E-state index in [0.29, 0.717) is 22.5 Å². The Morgan fingerprint density at radius 1 is 1.24 bits per heavy atom. The largest absolute Gasteiger partial charge is 0.449 e. The zero-order valence-electron chi connectivity index (χ0n) is 18.9. The number of carbonyl (C=O) groups is 1. The molecule has 0 aliphatic carbocycles. The Balaban J connectivity index is 2.07. The minimum Gasteiger partial charge on any atom is -0.449 e. The fourth-order valence-corrected chi connectivity index (χ4v) is 3.56. The van der Waals surface area contributed by atoms with Gasteiger partial charge in [0, 0.05) is 10.0 Å². The molecule has 13 heteroatoms. The van der Waals surface area contributed by atoms with Crippen LogP contribution in [-0.2, 0) is 17.5 Å². The van der Waals surface area contributed by atoms with Crippen LogP contribution >= 0.6 is 23.2 Å². The highest BCUT2D eigenvalue weighted by atomic mass is 35.5. The molecule has 190 valence electrons. The van der Waals surface area contributed by atoms with E-state index < -0.39 is 23.2 Å². The van der Waals surface area contributed by atoms with E-state index in [2.05, 4.69) is 15.5 Å². The first-order valence-electron chi connectivity index (χ1n) is 10.3. The zero-order valence-corrected chi connectivity index (χ0v) is 20.4. The topological polar surface area (TPSA) is 109 Å². The number of nitriles is 1. The van der Waals surface area contributed by atoms with Crippen molar-refractivity contribution >= 4 is 40.9 Å². The van der Waals surface area contributed by atoms with Gasteiger partial charge in [0.2, 0.25) is 12.2 Å². The minimum atomic E-state index is -5.02. The first-order chi connectivity index (χ1) is 17.5. The van der Waals surface area contributed by atoms with Crippen molar-refractivity contribution in [2.75, 3.05) is 0 Å². The number of aromatic nitrogens is 2. The van der Waals surface area contributed by atoms with Crippen LogP contribution < -0.4 is 15.7 Å². The van der Waals surface area contributed by atoms with Gasteiger partial charge in [-0.25, -0.2) is 10.4 Å². The standard InChI is InChI=1S/C24H16Cl2F3N5O3/c1-14(16-3-2-4-17(25)8-16)5-19(33-32-13-35)11-34-12-31-22(24(27,28)29)21(23(34)36)37-20-7-15(10-30)6-18(26)9-20/h2-9,12-13H,11H2,1H3,(H,32,35)/b14-5+,33-19+. The van der Waals surface area contributed by atoms with Gasteiger partial charge >= 0.3 is 6.18 Å². The number of hydrogen-bond donors (Lipinski definition) is 1. The molecule has 2 aromatic carbocycles. The summed E-state index contributed by atoms with van der Waals surface area (Å²) in [5.74, 6) is -1.39. The Hall–Kier alpha value is -4.14. The molecule has 1 aromatic heterocycles. The molecule has 0 radical (unpaired) electrons. The molecule has 1 N–H and O–H groups in total. The first kappa shape index (κ1) is 27.4. The van der Waals surface area contributed by atoms with E-state index in [1.165, 1.54) is 12.1 Å². The summed E-state index contributed by atoms with van der Waals surface area (Å²) in [6, 6.07) is 12.2. The molecule has 8 nitrogen and oxygen atoms in total. The number of amides is 1. The van der Waals surface area contributed by atoms with Gasteiger partial charge in [0.25, 0.3) is 5.56 Å². The van der Waals surface area contributed by atoms with Crippen molar-refractivity contribution in [3.05, 3.63) is 92.1 Å². The molecule has 0 saturated carbocycles. The predicted molar refractivity (Wildman–Crippen MR) is 131 cm³/mol. The number of allylic oxidation sites excluding steroid dienone is 2. The molecule has 1 amide bonds. The third-order valence-corrected chi connectivity index (χ3v) is 5.19. The minimum absolute atomic E-state index is 0.0104. The van der Waals surface area contributed by atoms with Gasteiger partial charge in [-0.15, -0.1) is 0 Å². The van der Waals surface area contributed by atoms with Gasteiger partial charge in [-0.2, -0.15) is 23.5 Å². The fourth-order valence-electron chi connectivity index (χ4n) is 3.14. The summed E-state index contributed by atoms with van der Waals surface area (Å²) < 4.78 is 47.0. The SMILES string of the molecule is C/C(=C\C(Cn1cnc(C(F)(F)F)c(Oc2cc(Cl)cc(C#N)c2)c1=O)=N/NC=O)c1cccc(Cl)c1. The van der Waals surface area contributed by atoms with Gasteiger partial charge in [-0.1, -0.05) is 35.3 Å². The van der Waals surface area contributed by atoms with Crippen molar-refractivity contribution in [1.29, 1.82) is 5.26 Å². The van der Waals surface area contributed by atoms with Crippen LogP contribution in [0, 0.1) is 11.3 Å². The van der Waals surface area contributed by atoms with Gasteiger partial charge in [0.1, 0.15) is 5.75 Å². The predicted octanol–water partition coefficient (Wildman–Crippen LogP) is 5.44. The summed E-state index contributed by atoms with van der Waals surface area (Å²) in [5.41, 5.74) is 0.822. The van der Waals surface area contributed by atoms with E-state index in [0.717, 1.165) is 16.7 Å². The number of alkyl halides is 3. The highest BCUT2D eigenvalue weighted by Crippen LogP contribution is 2.35. The number of nitrogens with zero attached hydrogens (tertiary/aromatic N) is 4. The summed E-state index contributed by atoms with van der Waals surface area (Å²) in [7, 11) is 0. The van der Waals surface area contributed by atoms with Crippen molar-refractivity contribution in [2.45, 2.75) is 19.6 Å². The summed E-state index contributed by atoms with van der Waals surface area (Å²) >= 11 is 11.9. The number of ether oxygens (including phenoxy) is 1. The zero-order chi connectivity index (χ0) is 27.2. The number of hydrogen-bond acceptors (Lipinski definition) is 6. The van der Waals surface area contributed by atoms with E-state index in [1.54, 1.807) is 37.3 Å². The second kappa shape index (κ2) is 11.7. The third-order valence-electron chi connectivity index (χ3n) is 4.74. The maximum Gasteiger partial charge on any atom is 0.437 e. The van der Waals surface area contributed by atoms with Gasteiger partial charge in [-0.3, -0.25) is 14.2 Å². The molecule has 0 aliphatic rings. The van der Waals surface area contributed by atoms with Crippen LogP contribution in [0.25, 0.3) is 5.57 Å². The van der Waals surface area contributed by atoms with Crippen LogP contribution in [0.5, 0.6) is 11.5 Å². The van der Waals surface area contributed by atoms with Gasteiger partial charge in [0.15, 0.2) is 5.69 Å². The molecule has 0 saturated heterocycles. The average Bonchev–Trinajstić information content (AvgIpc) is 2.83. The molecule has 0 atom stereocenters. The second-order valence-corrected chi connectivity index (χ2v) is 8.30. The Bertz CT molecular complexity index is 1490. The van der Waals surface area contributed by atoms with Crippen LogP contribution in [-0.4, -0.2) is 21.7 Å².